The van der Waals surface area contributed by atoms with E-state index >= 15 is 0 Å². The number of fused-ring (bicyclic) bond motifs is 2. The van der Waals surface area contributed by atoms with Crippen LogP contribution in [0.25, 0.3) is 5.57 Å². The molecule has 0 heteroatoms. The van der Waals surface area contributed by atoms with Crippen LogP contribution >= 0.6 is 0 Å². The van der Waals surface area contributed by atoms with E-state index in [4.69, 9.17) is 0 Å². The van der Waals surface area contributed by atoms with Crippen LogP contribution in [0.1, 0.15) is 36.5 Å². The van der Waals surface area contributed by atoms with Gasteiger partial charge in [0.05, 0.1) is 0 Å². The number of benzene rings is 1. The molecule has 0 bridgehead atoms. The monoisotopic (exact) mass is 206 g/mol. The molecule has 1 aromatic rings. The van der Waals surface area contributed by atoms with Crippen LogP contribution in [0.5, 0.6) is 0 Å². The van der Waals surface area contributed by atoms with Crippen molar-refractivity contribution >= 4 is 5.57 Å². The SMILES string of the molecule is CC(C)c1ccc2c(c1)C1=C(C=C=C=C1)C2. The summed E-state index contributed by atoms with van der Waals surface area (Å²) in [5.74, 6) is 0.591. The Morgan fingerprint density at radius 3 is 2.75 bits per heavy atom. The van der Waals surface area contributed by atoms with Crippen molar-refractivity contribution in [1.29, 1.82) is 0 Å². The van der Waals surface area contributed by atoms with Crippen molar-refractivity contribution < 1.29 is 0 Å². The van der Waals surface area contributed by atoms with Gasteiger partial charge in [-0.2, -0.15) is 0 Å². The Hall–Kier alpha value is -1.74. The van der Waals surface area contributed by atoms with E-state index in [0.29, 0.717) is 5.92 Å². The zero-order chi connectivity index (χ0) is 11.1. The van der Waals surface area contributed by atoms with E-state index in [2.05, 4.69) is 55.7 Å². The van der Waals surface area contributed by atoms with Gasteiger partial charge >= 0.3 is 0 Å². The lowest BCUT2D eigenvalue weighted by molar-refractivity contribution is 0.865. The molecule has 0 nitrogen and oxygen atoms in total. The van der Waals surface area contributed by atoms with Gasteiger partial charge < -0.3 is 0 Å². The topological polar surface area (TPSA) is 0 Å². The molecule has 2 aliphatic carbocycles. The summed E-state index contributed by atoms with van der Waals surface area (Å²) in [6, 6.07) is 6.85. The predicted molar refractivity (Wildman–Crippen MR) is 67.3 cm³/mol. The van der Waals surface area contributed by atoms with E-state index < -0.39 is 0 Å². The second-order valence-electron chi connectivity index (χ2n) is 4.76. The maximum atomic E-state index is 3.06. The molecule has 16 heavy (non-hydrogen) atoms. The van der Waals surface area contributed by atoms with Gasteiger partial charge in [-0.3, -0.25) is 0 Å². The number of hydrogen-bond acceptors (Lipinski definition) is 0. The lowest BCUT2D eigenvalue weighted by Gasteiger charge is -2.09. The van der Waals surface area contributed by atoms with Crippen LogP contribution in [0.4, 0.5) is 0 Å². The maximum Gasteiger partial charge on any atom is -0.000685 e. The van der Waals surface area contributed by atoms with E-state index in [1.54, 1.807) is 0 Å². The fourth-order valence-electron chi connectivity index (χ4n) is 2.37. The summed E-state index contributed by atoms with van der Waals surface area (Å²) in [5, 5.41) is 0. The first-order valence-corrected chi connectivity index (χ1v) is 5.79. The highest BCUT2D eigenvalue weighted by Gasteiger charge is 2.19. The first-order valence-electron chi connectivity index (χ1n) is 5.79. The second-order valence-corrected chi connectivity index (χ2v) is 4.76. The maximum absolute atomic E-state index is 3.06. The molecular formula is C16H14. The van der Waals surface area contributed by atoms with Crippen molar-refractivity contribution in [1.82, 2.24) is 0 Å². The standard InChI is InChI=1S/C16H14/c1-11(2)12-7-8-14-9-13-5-3-4-6-15(13)16(14)10-12/h5-8,10-11H,9H2,1-2H3. The highest BCUT2D eigenvalue weighted by molar-refractivity contribution is 5.85. The lowest BCUT2D eigenvalue weighted by atomic mass is 9.96. The molecule has 0 aliphatic heterocycles. The second kappa shape index (κ2) is 3.39. The number of hydrogen-bond donors (Lipinski definition) is 0. The van der Waals surface area contributed by atoms with Crippen LogP contribution in [0.15, 0.2) is 47.4 Å². The zero-order valence-corrected chi connectivity index (χ0v) is 9.67. The molecular weight excluding hydrogens is 192 g/mol. The van der Waals surface area contributed by atoms with Gasteiger partial charge in [-0.15, -0.1) is 0 Å². The van der Waals surface area contributed by atoms with Gasteiger partial charge in [0.15, 0.2) is 0 Å². The third-order valence-electron chi connectivity index (χ3n) is 3.36. The molecule has 0 N–H and O–H groups in total. The number of rotatable bonds is 1. The Labute approximate surface area is 96.3 Å². The number of allylic oxidation sites excluding steroid dienone is 4. The van der Waals surface area contributed by atoms with Gasteiger partial charge in [-0.1, -0.05) is 43.5 Å². The molecule has 0 unspecified atom stereocenters. The molecule has 0 atom stereocenters. The van der Waals surface area contributed by atoms with Crippen molar-refractivity contribution in [2.24, 2.45) is 0 Å². The van der Waals surface area contributed by atoms with Crippen molar-refractivity contribution in [3.63, 3.8) is 0 Å². The summed E-state index contributed by atoms with van der Waals surface area (Å²) in [7, 11) is 0. The Kier molecular flexibility index (Phi) is 2.01. The minimum absolute atomic E-state index is 0.591. The molecule has 2 aliphatic rings. The van der Waals surface area contributed by atoms with Crippen LogP contribution in [-0.2, 0) is 6.42 Å². The highest BCUT2D eigenvalue weighted by Crippen LogP contribution is 2.36. The Morgan fingerprint density at radius 2 is 1.94 bits per heavy atom. The first kappa shape index (κ1) is 9.48. The fraction of sp³-hybridized carbons (Fsp3) is 0.250. The summed E-state index contributed by atoms with van der Waals surface area (Å²) < 4.78 is 0. The largest absolute Gasteiger partial charge is 0.0699 e. The van der Waals surface area contributed by atoms with Crippen LogP contribution in [-0.4, -0.2) is 0 Å². The van der Waals surface area contributed by atoms with Crippen LogP contribution in [0.2, 0.25) is 0 Å². The molecule has 0 saturated heterocycles. The molecule has 78 valence electrons. The normalized spacial score (nSPS) is 15.9. The summed E-state index contributed by atoms with van der Waals surface area (Å²) in [5.41, 5.74) is 13.1. The minimum Gasteiger partial charge on any atom is -0.0699 e. The van der Waals surface area contributed by atoms with Gasteiger partial charge in [0, 0.05) is 0 Å². The third kappa shape index (κ3) is 1.32. The van der Waals surface area contributed by atoms with E-state index in [0.717, 1.165) is 6.42 Å². The fourth-order valence-corrected chi connectivity index (χ4v) is 2.37. The van der Waals surface area contributed by atoms with Gasteiger partial charge in [-0.25, -0.2) is 0 Å². The third-order valence-corrected chi connectivity index (χ3v) is 3.36. The van der Waals surface area contributed by atoms with E-state index in [1.807, 2.05) is 0 Å². The summed E-state index contributed by atoms with van der Waals surface area (Å²) in [4.78, 5) is 0. The van der Waals surface area contributed by atoms with Crippen LogP contribution in [0.3, 0.4) is 0 Å². The smallest absolute Gasteiger partial charge is 0.000685 e. The average Bonchev–Trinajstić information content (AvgIpc) is 2.66. The molecule has 0 aromatic heterocycles. The van der Waals surface area contributed by atoms with E-state index in [1.165, 1.54) is 27.8 Å². The van der Waals surface area contributed by atoms with E-state index in [-0.39, 0.29) is 0 Å². The van der Waals surface area contributed by atoms with E-state index in [9.17, 15) is 0 Å². The highest BCUT2D eigenvalue weighted by atomic mass is 14.2. The zero-order valence-electron chi connectivity index (χ0n) is 9.67. The first-order chi connectivity index (χ1) is 7.75. The molecule has 1 aromatic carbocycles. The molecule has 0 fully saturated rings. The summed E-state index contributed by atoms with van der Waals surface area (Å²) >= 11 is 0. The molecule has 0 spiro atoms. The molecule has 0 saturated carbocycles. The Balaban J connectivity index is 2.14. The quantitative estimate of drug-likeness (QED) is 0.609. The Morgan fingerprint density at radius 1 is 1.12 bits per heavy atom. The van der Waals surface area contributed by atoms with Gasteiger partial charge in [0.2, 0.25) is 0 Å². The van der Waals surface area contributed by atoms with Crippen molar-refractivity contribution in [2.45, 2.75) is 26.2 Å². The molecule has 0 amide bonds. The predicted octanol–water partition coefficient (Wildman–Crippen LogP) is 4.00. The molecule has 3 rings (SSSR count). The van der Waals surface area contributed by atoms with Crippen LogP contribution in [0, 0.1) is 0 Å². The molecule has 0 heterocycles. The summed E-state index contributed by atoms with van der Waals surface area (Å²) in [6.45, 7) is 4.48. The Bertz CT molecular complexity index is 584. The van der Waals surface area contributed by atoms with Crippen molar-refractivity contribution in [3.05, 3.63) is 64.1 Å². The van der Waals surface area contributed by atoms with Crippen molar-refractivity contribution in [2.75, 3.05) is 0 Å². The molecule has 0 radical (unpaired) electrons. The van der Waals surface area contributed by atoms with Gasteiger partial charge in [0.25, 0.3) is 0 Å². The van der Waals surface area contributed by atoms with Gasteiger partial charge in [0.1, 0.15) is 0 Å². The summed E-state index contributed by atoms with van der Waals surface area (Å²) in [6.07, 6.45) is 5.17. The minimum atomic E-state index is 0.591. The van der Waals surface area contributed by atoms with Crippen molar-refractivity contribution in [3.8, 4) is 0 Å². The average molecular weight is 206 g/mol. The van der Waals surface area contributed by atoms with Gasteiger partial charge in [-0.05, 0) is 52.3 Å². The van der Waals surface area contributed by atoms with Crippen LogP contribution < -0.4 is 0 Å². The lowest BCUT2D eigenvalue weighted by Crippen LogP contribution is -1.91.